The number of carbonyl (C=O) groups excluding carboxylic acids is 3. The van der Waals surface area contributed by atoms with Gasteiger partial charge in [-0.2, -0.15) is 0 Å². The van der Waals surface area contributed by atoms with E-state index < -0.39 is 82.0 Å². The number of anilines is 1. The first kappa shape index (κ1) is 28.1. The summed E-state index contributed by atoms with van der Waals surface area (Å²) in [5.41, 5.74) is -3.61. The van der Waals surface area contributed by atoms with Crippen LogP contribution in [0.2, 0.25) is 0 Å². The van der Waals surface area contributed by atoms with Crippen molar-refractivity contribution in [1.29, 1.82) is 0 Å². The number of aromatic hydroxyl groups is 2. The first-order valence-electron chi connectivity index (χ1n) is 12.7. The Hall–Kier alpha value is -4.43. The van der Waals surface area contributed by atoms with Gasteiger partial charge in [-0.25, -0.2) is 0 Å². The SMILES string of the molecule is CNc1cc(CNCc2ccc(O)cc2)c(O)c2c1CC1(O)CC3(O)CC(=O)C(C(N)=O)=C(O)[C@@]3(O)C(=O)C1=C2O. The van der Waals surface area contributed by atoms with E-state index in [9.17, 15) is 50.1 Å². The molecule has 1 amide bonds. The lowest BCUT2D eigenvalue weighted by Crippen LogP contribution is -2.72. The van der Waals surface area contributed by atoms with Gasteiger partial charge in [0.2, 0.25) is 11.4 Å². The van der Waals surface area contributed by atoms with Gasteiger partial charge < -0.3 is 52.1 Å². The molecule has 2 aromatic rings. The van der Waals surface area contributed by atoms with Crippen molar-refractivity contribution < 1.29 is 50.1 Å². The highest BCUT2D eigenvalue weighted by Gasteiger charge is 2.71. The zero-order valence-electron chi connectivity index (χ0n) is 21.9. The summed E-state index contributed by atoms with van der Waals surface area (Å²) in [6, 6.07) is 8.04. The second-order valence-corrected chi connectivity index (χ2v) is 10.7. The molecule has 1 saturated carbocycles. The Morgan fingerprint density at radius 3 is 2.27 bits per heavy atom. The maximum Gasteiger partial charge on any atom is 0.255 e. The van der Waals surface area contributed by atoms with Gasteiger partial charge in [-0.3, -0.25) is 14.4 Å². The van der Waals surface area contributed by atoms with Crippen LogP contribution in [-0.2, 0) is 33.9 Å². The fraction of sp³-hybridized carbons (Fsp3) is 0.321. The fourth-order valence-corrected chi connectivity index (χ4v) is 6.16. The highest BCUT2D eigenvalue weighted by atomic mass is 16.4. The number of hydrogen-bond donors (Lipinski definition) is 10. The molecule has 3 aliphatic carbocycles. The van der Waals surface area contributed by atoms with E-state index in [2.05, 4.69) is 10.6 Å². The van der Waals surface area contributed by atoms with Crippen molar-refractivity contribution in [2.45, 2.75) is 49.2 Å². The van der Waals surface area contributed by atoms with Crippen molar-refractivity contribution in [2.24, 2.45) is 5.73 Å². The Morgan fingerprint density at radius 2 is 1.66 bits per heavy atom. The van der Waals surface area contributed by atoms with Crippen molar-refractivity contribution in [2.75, 3.05) is 12.4 Å². The molecular weight excluding hydrogens is 538 g/mol. The number of amides is 1. The molecule has 0 radical (unpaired) electrons. The van der Waals surface area contributed by atoms with Crippen molar-refractivity contribution >= 4 is 28.9 Å². The van der Waals surface area contributed by atoms with E-state index in [0.717, 1.165) is 5.56 Å². The van der Waals surface area contributed by atoms with E-state index in [1.165, 1.54) is 12.1 Å². The van der Waals surface area contributed by atoms with Gasteiger partial charge in [0, 0.05) is 50.7 Å². The van der Waals surface area contributed by atoms with Crippen molar-refractivity contribution in [3.05, 3.63) is 69.5 Å². The molecule has 13 nitrogen and oxygen atoms in total. The number of phenols is 2. The molecule has 2 aromatic carbocycles. The van der Waals surface area contributed by atoms with Gasteiger partial charge in [0.05, 0.1) is 11.1 Å². The number of nitrogens with one attached hydrogen (secondary N) is 2. The number of rotatable bonds is 6. The topological polar surface area (TPSA) is 243 Å². The van der Waals surface area contributed by atoms with Gasteiger partial charge in [0.1, 0.15) is 34.0 Å². The van der Waals surface area contributed by atoms with Crippen LogP contribution in [-0.4, -0.2) is 77.1 Å². The molecule has 216 valence electrons. The second kappa shape index (κ2) is 9.31. The maximum atomic E-state index is 13.8. The molecular formula is C28H29N3O10. The number of primary amides is 1. The first-order chi connectivity index (χ1) is 19.2. The summed E-state index contributed by atoms with van der Waals surface area (Å²) in [6.45, 7) is 0.446. The summed E-state index contributed by atoms with van der Waals surface area (Å²) in [6.07, 6.45) is -2.34. The molecule has 11 N–H and O–H groups in total. The minimum atomic E-state index is -3.29. The molecule has 0 aliphatic heterocycles. The normalized spacial score (nSPS) is 27.3. The highest BCUT2D eigenvalue weighted by molar-refractivity contribution is 6.23. The van der Waals surface area contributed by atoms with Gasteiger partial charge in [0.15, 0.2) is 11.5 Å². The number of fused-ring (bicyclic) bond motifs is 3. The Bertz CT molecular complexity index is 1580. The molecule has 0 bridgehead atoms. The summed E-state index contributed by atoms with van der Waals surface area (Å²) in [5.74, 6) is -6.83. The third-order valence-corrected chi connectivity index (χ3v) is 8.12. The summed E-state index contributed by atoms with van der Waals surface area (Å²) >= 11 is 0. The molecule has 1 fully saturated rings. The van der Waals surface area contributed by atoms with Gasteiger partial charge in [-0.15, -0.1) is 0 Å². The third-order valence-electron chi connectivity index (χ3n) is 8.12. The molecule has 0 spiro atoms. The van der Waals surface area contributed by atoms with Gasteiger partial charge in [0.25, 0.3) is 5.91 Å². The van der Waals surface area contributed by atoms with Crippen LogP contribution in [0.1, 0.15) is 35.1 Å². The number of benzene rings is 2. The van der Waals surface area contributed by atoms with Crippen LogP contribution in [0.4, 0.5) is 5.69 Å². The predicted octanol–water partition coefficient (Wildman–Crippen LogP) is -0.309. The van der Waals surface area contributed by atoms with Gasteiger partial charge in [-0.1, -0.05) is 12.1 Å². The van der Waals surface area contributed by atoms with Crippen molar-refractivity contribution in [1.82, 2.24) is 5.32 Å². The number of aliphatic hydroxyl groups is 5. The van der Waals surface area contributed by atoms with Crippen molar-refractivity contribution in [3.8, 4) is 11.5 Å². The van der Waals surface area contributed by atoms with Gasteiger partial charge in [-0.05, 0) is 29.3 Å². The van der Waals surface area contributed by atoms with Crippen LogP contribution in [0.3, 0.4) is 0 Å². The molecule has 0 saturated heterocycles. The van der Waals surface area contributed by atoms with E-state index in [0.29, 0.717) is 17.8 Å². The van der Waals surface area contributed by atoms with Crippen LogP contribution in [0, 0.1) is 0 Å². The Balaban J connectivity index is 1.61. The Morgan fingerprint density at radius 1 is 1.00 bits per heavy atom. The standard InChI is InChI=1S/C28H29N3O10/c1-30-16-6-13(10-31-9-12-2-4-14(32)5-3-12)21(34)18-15(16)7-26(39)11-27(40)8-17(33)19(25(29)38)23(36)28(27,41)24(37)20(26)22(18)35/h2-6,30-32,34-36,39-41H,7-11H2,1H3,(H2,29,38)/t26?,27?,28-/m1/s1. The highest BCUT2D eigenvalue weighted by Crippen LogP contribution is 2.56. The van der Waals surface area contributed by atoms with Crippen molar-refractivity contribution in [3.63, 3.8) is 0 Å². The lowest BCUT2D eigenvalue weighted by molar-refractivity contribution is -0.200. The second-order valence-electron chi connectivity index (χ2n) is 10.7. The molecule has 3 atom stereocenters. The number of Topliss-reactive ketones (excluding diaryl/α,β-unsaturated/α-hetero) is 2. The Kier molecular flexibility index (Phi) is 6.38. The summed E-state index contributed by atoms with van der Waals surface area (Å²) < 4.78 is 0. The fourth-order valence-electron chi connectivity index (χ4n) is 6.16. The zero-order valence-corrected chi connectivity index (χ0v) is 21.9. The van der Waals surface area contributed by atoms with Crippen LogP contribution >= 0.6 is 0 Å². The molecule has 2 unspecified atom stereocenters. The molecule has 5 rings (SSSR count). The smallest absolute Gasteiger partial charge is 0.255 e. The molecule has 3 aliphatic rings. The van der Waals surface area contributed by atoms with E-state index >= 15 is 0 Å². The average molecular weight is 568 g/mol. The largest absolute Gasteiger partial charge is 0.508 e. The van der Waals surface area contributed by atoms with Gasteiger partial charge >= 0.3 is 0 Å². The lowest BCUT2D eigenvalue weighted by atomic mass is 9.55. The summed E-state index contributed by atoms with van der Waals surface area (Å²) in [4.78, 5) is 38.1. The lowest BCUT2D eigenvalue weighted by Gasteiger charge is -2.54. The molecule has 0 aromatic heterocycles. The van der Waals surface area contributed by atoms with E-state index in [1.807, 2.05) is 0 Å². The minimum absolute atomic E-state index is 0.0901. The minimum Gasteiger partial charge on any atom is -0.508 e. The summed E-state index contributed by atoms with van der Waals surface area (Å²) in [5, 5.41) is 83.2. The maximum absolute atomic E-state index is 13.8. The van der Waals surface area contributed by atoms with E-state index in [4.69, 9.17) is 5.73 Å². The number of phenolic OH excluding ortho intramolecular Hbond substituents is 2. The zero-order chi connectivity index (χ0) is 30.1. The number of nitrogens with two attached hydrogens (primary N) is 1. The third kappa shape index (κ3) is 3.96. The van der Waals surface area contributed by atoms with Crippen LogP contribution < -0.4 is 16.4 Å². The first-order valence-corrected chi connectivity index (χ1v) is 12.7. The van der Waals surface area contributed by atoms with E-state index in [-0.39, 0.29) is 23.4 Å². The quantitative estimate of drug-likeness (QED) is 0.160. The summed E-state index contributed by atoms with van der Waals surface area (Å²) in [7, 11) is 1.56. The molecule has 41 heavy (non-hydrogen) atoms. The molecule has 13 heteroatoms. The number of hydrogen-bond acceptors (Lipinski definition) is 12. The van der Waals surface area contributed by atoms with Crippen LogP contribution in [0.15, 0.2) is 47.2 Å². The van der Waals surface area contributed by atoms with Crippen LogP contribution in [0.5, 0.6) is 11.5 Å². The number of carbonyl (C=O) groups is 3. The Labute approximate surface area is 232 Å². The predicted molar refractivity (Wildman–Crippen MR) is 143 cm³/mol. The number of ketones is 2. The molecule has 0 heterocycles. The monoisotopic (exact) mass is 567 g/mol. The average Bonchev–Trinajstić information content (AvgIpc) is 2.88. The number of aliphatic hydroxyl groups excluding tert-OH is 2. The van der Waals surface area contributed by atoms with Crippen LogP contribution in [0.25, 0.3) is 5.76 Å². The van der Waals surface area contributed by atoms with E-state index in [1.54, 1.807) is 25.2 Å².